The van der Waals surface area contributed by atoms with Crippen LogP contribution in [0.4, 0.5) is 4.79 Å². The van der Waals surface area contributed by atoms with Gasteiger partial charge >= 0.3 is 6.09 Å². The molecule has 0 aromatic heterocycles. The maximum Gasteiger partial charge on any atom is 0.407 e. The van der Waals surface area contributed by atoms with Gasteiger partial charge in [0.25, 0.3) is 0 Å². The molecule has 1 heterocycles. The van der Waals surface area contributed by atoms with E-state index in [0.717, 1.165) is 61.3 Å². The molecule has 10 atom stereocenters. The number of likely N-dealkylation sites (N-methyl/N-ethyl adjacent to an activating group) is 1. The molecular formula is C37H64N4O3. The number of allylic oxidation sites excluding steroid dienone is 1. The Kier molecular flexibility index (Phi) is 10.8. The molecule has 0 aromatic rings. The molecule has 4 aliphatic carbocycles. The summed E-state index contributed by atoms with van der Waals surface area (Å²) in [6, 6.07) is -0.348. The lowest BCUT2D eigenvalue weighted by Gasteiger charge is -2.58. The van der Waals surface area contributed by atoms with Crippen molar-refractivity contribution >= 4 is 12.0 Å². The normalized spacial score (nSPS) is 38.8. The third kappa shape index (κ3) is 7.19. The summed E-state index contributed by atoms with van der Waals surface area (Å²) in [6.07, 6.45) is 16.7. The molecule has 4 fully saturated rings. The zero-order valence-electron chi connectivity index (χ0n) is 29.1. The van der Waals surface area contributed by atoms with E-state index >= 15 is 0 Å². The van der Waals surface area contributed by atoms with Gasteiger partial charge in [-0.05, 0) is 112 Å². The van der Waals surface area contributed by atoms with E-state index in [-0.39, 0.29) is 35.6 Å². The van der Waals surface area contributed by atoms with Crippen molar-refractivity contribution in [1.29, 1.82) is 0 Å². The number of ether oxygens (including phenoxy) is 1. The molecule has 44 heavy (non-hydrogen) atoms. The summed E-state index contributed by atoms with van der Waals surface area (Å²) in [4.78, 5) is 27.4. The third-order valence-electron chi connectivity index (χ3n) is 13.2. The van der Waals surface area contributed by atoms with Gasteiger partial charge in [0, 0.05) is 32.1 Å². The first-order valence-corrected chi connectivity index (χ1v) is 18.2. The second-order valence-corrected chi connectivity index (χ2v) is 16.7. The van der Waals surface area contributed by atoms with Crippen molar-refractivity contribution in [2.75, 3.05) is 33.7 Å². The first-order valence-electron chi connectivity index (χ1n) is 18.2. The van der Waals surface area contributed by atoms with Crippen LogP contribution >= 0.6 is 0 Å². The van der Waals surface area contributed by atoms with Crippen LogP contribution in [0.1, 0.15) is 112 Å². The van der Waals surface area contributed by atoms with Crippen molar-refractivity contribution in [2.45, 2.75) is 130 Å². The predicted octanol–water partition coefficient (Wildman–Crippen LogP) is 6.53. The molecule has 5 aliphatic rings. The second kappa shape index (κ2) is 14.0. The first kappa shape index (κ1) is 33.8. The second-order valence-electron chi connectivity index (χ2n) is 16.7. The molecule has 7 nitrogen and oxygen atoms in total. The number of amides is 2. The molecule has 1 aliphatic heterocycles. The van der Waals surface area contributed by atoms with Crippen molar-refractivity contribution in [3.63, 3.8) is 0 Å². The van der Waals surface area contributed by atoms with Crippen molar-refractivity contribution in [1.82, 2.24) is 20.9 Å². The minimum atomic E-state index is -0.332. The lowest BCUT2D eigenvalue weighted by Crippen LogP contribution is -2.51. The summed E-state index contributed by atoms with van der Waals surface area (Å²) in [5, 5.41) is 9.28. The van der Waals surface area contributed by atoms with E-state index in [0.29, 0.717) is 24.9 Å². The molecule has 3 saturated carbocycles. The largest absolute Gasteiger partial charge is 0.446 e. The summed E-state index contributed by atoms with van der Waals surface area (Å²) < 4.78 is 6.02. The molecule has 4 unspecified atom stereocenters. The zero-order chi connectivity index (χ0) is 31.6. The highest BCUT2D eigenvalue weighted by atomic mass is 16.6. The molecule has 250 valence electrons. The van der Waals surface area contributed by atoms with Crippen LogP contribution in [-0.2, 0) is 9.53 Å². The number of nitrogens with zero attached hydrogens (tertiary/aromatic N) is 1. The van der Waals surface area contributed by atoms with Crippen LogP contribution in [0.15, 0.2) is 11.6 Å². The third-order valence-corrected chi connectivity index (χ3v) is 13.2. The molecule has 0 aromatic carbocycles. The molecular weight excluding hydrogens is 548 g/mol. The zero-order valence-corrected chi connectivity index (χ0v) is 29.1. The van der Waals surface area contributed by atoms with Crippen molar-refractivity contribution < 1.29 is 14.3 Å². The minimum absolute atomic E-state index is 0.00549. The van der Waals surface area contributed by atoms with Gasteiger partial charge < -0.3 is 25.6 Å². The van der Waals surface area contributed by atoms with E-state index in [1.54, 1.807) is 5.57 Å². The highest BCUT2D eigenvalue weighted by Gasteiger charge is 2.59. The molecule has 7 heteroatoms. The van der Waals surface area contributed by atoms with E-state index in [1.165, 1.54) is 51.4 Å². The van der Waals surface area contributed by atoms with E-state index in [9.17, 15) is 9.59 Å². The molecule has 0 bridgehead atoms. The predicted molar refractivity (Wildman–Crippen MR) is 178 cm³/mol. The number of fused-ring (bicyclic) bond motifs is 5. The van der Waals surface area contributed by atoms with Gasteiger partial charge in [-0.3, -0.25) is 4.79 Å². The van der Waals surface area contributed by atoms with Crippen LogP contribution in [0.3, 0.4) is 0 Å². The molecule has 1 saturated heterocycles. The lowest BCUT2D eigenvalue weighted by molar-refractivity contribution is -0.122. The van der Waals surface area contributed by atoms with Crippen LogP contribution in [0.2, 0.25) is 0 Å². The summed E-state index contributed by atoms with van der Waals surface area (Å²) >= 11 is 0. The Labute approximate surface area is 268 Å². The Morgan fingerprint density at radius 3 is 2.61 bits per heavy atom. The van der Waals surface area contributed by atoms with Crippen LogP contribution < -0.4 is 16.0 Å². The fourth-order valence-corrected chi connectivity index (χ4v) is 10.7. The highest BCUT2D eigenvalue weighted by molar-refractivity contribution is 5.82. The fraction of sp³-hybridized carbons (Fsp3) is 0.892. The summed E-state index contributed by atoms with van der Waals surface area (Å²) in [5.74, 6) is 5.02. The molecule has 3 N–H and O–H groups in total. The van der Waals surface area contributed by atoms with Crippen molar-refractivity contribution in [2.24, 2.45) is 46.3 Å². The van der Waals surface area contributed by atoms with Crippen LogP contribution in [0.5, 0.6) is 0 Å². The van der Waals surface area contributed by atoms with E-state index in [2.05, 4.69) is 56.6 Å². The Morgan fingerprint density at radius 2 is 1.86 bits per heavy atom. The van der Waals surface area contributed by atoms with Crippen LogP contribution in [0, 0.1) is 46.3 Å². The first-order chi connectivity index (χ1) is 20.9. The number of alkyl carbamates (subject to hydrolysis) is 1. The molecule has 0 spiro atoms. The van der Waals surface area contributed by atoms with Gasteiger partial charge in [0.05, 0.1) is 6.04 Å². The number of carbonyl (C=O) groups excluding carboxylic acids is 2. The summed E-state index contributed by atoms with van der Waals surface area (Å²) in [5.41, 5.74) is 2.32. The monoisotopic (exact) mass is 612 g/mol. The van der Waals surface area contributed by atoms with Gasteiger partial charge in [-0.15, -0.1) is 0 Å². The van der Waals surface area contributed by atoms with Gasteiger partial charge in [0.15, 0.2) is 0 Å². The quantitative estimate of drug-likeness (QED) is 0.231. The fourth-order valence-electron chi connectivity index (χ4n) is 10.7. The highest BCUT2D eigenvalue weighted by Crippen LogP contribution is 2.67. The Hall–Kier alpha value is -1.60. The Bertz CT molecular complexity index is 1040. The number of carbonyl (C=O) groups is 2. The molecule has 0 radical (unpaired) electrons. The standard InChI is InChI=1S/C37H64N4O3/c1-24(2)9-8-10-25(3)30-13-14-31-29-12-11-26-21-28(15-17-36(26,4)32(29)16-18-37(30,31)5)44-35(43)40-27-22-33(39-23-27)34(42)38-19-20-41(6)7/h11,24-25,27-33,39H,8-10,12-23H2,1-7H3,(H,38,42)(H,40,43)/t25-,27+,28?,29?,30-,31?,32?,33+,36+,37-/m1/s1. The Balaban J connectivity index is 1.12. The smallest absolute Gasteiger partial charge is 0.407 e. The maximum atomic E-state index is 12.9. The number of hydrogen-bond acceptors (Lipinski definition) is 5. The molecule has 2 amide bonds. The van der Waals surface area contributed by atoms with Gasteiger partial charge in [-0.25, -0.2) is 4.79 Å². The van der Waals surface area contributed by atoms with E-state index < -0.39 is 0 Å². The van der Waals surface area contributed by atoms with Gasteiger partial charge in [-0.1, -0.05) is 65.5 Å². The number of rotatable bonds is 11. The lowest BCUT2D eigenvalue weighted by atomic mass is 9.47. The SMILES string of the molecule is CC(C)CCC[C@@H](C)[C@H]1CCC2C3CC=C4CC(OC(=O)N[C@@H]5CN[C@H](C(=O)NCCN(C)C)C5)CC[C@]4(C)C3CC[C@@]21C. The van der Waals surface area contributed by atoms with Crippen molar-refractivity contribution in [3.8, 4) is 0 Å². The molecule has 5 rings (SSSR count). The van der Waals surface area contributed by atoms with Crippen LogP contribution in [0.25, 0.3) is 0 Å². The van der Waals surface area contributed by atoms with Crippen molar-refractivity contribution in [3.05, 3.63) is 11.6 Å². The van der Waals surface area contributed by atoms with Gasteiger partial charge in [0.1, 0.15) is 6.10 Å². The summed E-state index contributed by atoms with van der Waals surface area (Å²) in [6.45, 7) is 14.5. The summed E-state index contributed by atoms with van der Waals surface area (Å²) in [7, 11) is 3.98. The average molecular weight is 613 g/mol. The average Bonchev–Trinajstić information content (AvgIpc) is 3.57. The Morgan fingerprint density at radius 1 is 1.07 bits per heavy atom. The van der Waals surface area contributed by atoms with Crippen LogP contribution in [-0.4, -0.2) is 68.8 Å². The van der Waals surface area contributed by atoms with E-state index in [1.807, 2.05) is 19.0 Å². The number of hydrogen-bond donors (Lipinski definition) is 3. The number of nitrogens with one attached hydrogen (secondary N) is 3. The van der Waals surface area contributed by atoms with E-state index in [4.69, 9.17) is 4.74 Å². The topological polar surface area (TPSA) is 82.7 Å². The maximum absolute atomic E-state index is 12.9. The van der Waals surface area contributed by atoms with Gasteiger partial charge in [-0.2, -0.15) is 0 Å². The van der Waals surface area contributed by atoms with Gasteiger partial charge in [0.2, 0.25) is 5.91 Å². The minimum Gasteiger partial charge on any atom is -0.446 e.